The van der Waals surface area contributed by atoms with Crippen LogP contribution in [-0.2, 0) is 13.5 Å². The summed E-state index contributed by atoms with van der Waals surface area (Å²) in [5.41, 5.74) is 3.29. The Hall–Kier alpha value is -3.99. The highest BCUT2D eigenvalue weighted by molar-refractivity contribution is 5.79. The van der Waals surface area contributed by atoms with Crippen LogP contribution in [0.3, 0.4) is 0 Å². The number of aryl methyl sites for hydroxylation is 1. The van der Waals surface area contributed by atoms with Gasteiger partial charge in [0.25, 0.3) is 0 Å². The first kappa shape index (κ1) is 20.9. The molecule has 1 aliphatic carbocycles. The van der Waals surface area contributed by atoms with Gasteiger partial charge in [-0.3, -0.25) is 9.13 Å². The zero-order valence-corrected chi connectivity index (χ0v) is 18.3. The van der Waals surface area contributed by atoms with Crippen molar-refractivity contribution in [3.05, 3.63) is 70.5 Å². The summed E-state index contributed by atoms with van der Waals surface area (Å²) in [5.74, 6) is 0.550. The lowest BCUT2D eigenvalue weighted by atomic mass is 10.1. The van der Waals surface area contributed by atoms with E-state index in [1.165, 1.54) is 6.07 Å². The third kappa shape index (κ3) is 3.87. The largest absolute Gasteiger partial charge is 0.329 e. The van der Waals surface area contributed by atoms with Crippen molar-refractivity contribution in [2.24, 2.45) is 7.05 Å². The summed E-state index contributed by atoms with van der Waals surface area (Å²) in [6.07, 6.45) is 6.24. The number of nitriles is 1. The summed E-state index contributed by atoms with van der Waals surface area (Å²) in [4.78, 5) is 21.8. The van der Waals surface area contributed by atoms with Crippen molar-refractivity contribution in [1.29, 1.82) is 5.26 Å². The smallest absolute Gasteiger partial charge is 0.325 e. The molecule has 3 heterocycles. The van der Waals surface area contributed by atoms with Crippen molar-refractivity contribution >= 4 is 22.7 Å². The molecule has 7 nitrogen and oxygen atoms in total. The number of nitrogens with zero attached hydrogens (tertiary/aromatic N) is 5. The molecule has 3 aromatic heterocycles. The summed E-state index contributed by atoms with van der Waals surface area (Å²) in [5, 5.41) is 12.0. The molecular formula is C25H23FN6O. The quantitative estimate of drug-likeness (QED) is 0.477. The Kier molecular flexibility index (Phi) is 5.38. The lowest BCUT2D eigenvalue weighted by Crippen LogP contribution is -2.24. The zero-order chi connectivity index (χ0) is 22.9. The van der Waals surface area contributed by atoms with Gasteiger partial charge in [0.05, 0.1) is 29.7 Å². The van der Waals surface area contributed by atoms with Gasteiger partial charge < -0.3 is 5.32 Å². The molecule has 33 heavy (non-hydrogen) atoms. The molecule has 1 aliphatic rings. The topological polar surface area (TPSA) is 88.5 Å². The first-order valence-corrected chi connectivity index (χ1v) is 11.0. The molecule has 0 atom stereocenters. The number of hydrogen-bond donors (Lipinski definition) is 1. The highest BCUT2D eigenvalue weighted by Crippen LogP contribution is 2.32. The van der Waals surface area contributed by atoms with Crippen LogP contribution in [0.4, 0.5) is 16.0 Å². The Morgan fingerprint density at radius 3 is 2.61 bits per heavy atom. The predicted octanol–water partition coefficient (Wildman–Crippen LogP) is 4.86. The Bertz CT molecular complexity index is 1420. The van der Waals surface area contributed by atoms with Crippen LogP contribution in [0.5, 0.6) is 0 Å². The number of anilines is 2. The molecule has 1 N–H and O–H groups in total. The van der Waals surface area contributed by atoms with Gasteiger partial charge in [0.2, 0.25) is 0 Å². The lowest BCUT2D eigenvalue weighted by molar-refractivity contribution is 0.509. The Morgan fingerprint density at radius 2 is 1.88 bits per heavy atom. The Balaban J connectivity index is 1.48. The lowest BCUT2D eigenvalue weighted by Gasteiger charge is -2.12. The van der Waals surface area contributed by atoms with Crippen LogP contribution in [0.25, 0.3) is 22.3 Å². The summed E-state index contributed by atoms with van der Waals surface area (Å²) in [6, 6.07) is 14.2. The Morgan fingerprint density at radius 1 is 1.12 bits per heavy atom. The highest BCUT2D eigenvalue weighted by atomic mass is 19.1. The SMILES string of the molecule is Cn1c(=O)n(C2CCCC2)c2cc(Nc3ccc(F)c(-c4ccc(CC#N)cc4)n3)ncc21. The van der Waals surface area contributed by atoms with E-state index >= 15 is 0 Å². The van der Waals surface area contributed by atoms with Gasteiger partial charge in [-0.2, -0.15) is 5.26 Å². The first-order valence-electron chi connectivity index (χ1n) is 11.0. The third-order valence-electron chi connectivity index (χ3n) is 6.28. The van der Waals surface area contributed by atoms with Gasteiger partial charge in [-0.05, 0) is 30.5 Å². The number of fused-ring (bicyclic) bond motifs is 1. The molecule has 0 saturated heterocycles. The van der Waals surface area contributed by atoms with Crippen molar-refractivity contribution in [1.82, 2.24) is 19.1 Å². The van der Waals surface area contributed by atoms with E-state index in [1.807, 2.05) is 10.6 Å². The molecule has 166 valence electrons. The van der Waals surface area contributed by atoms with Crippen LogP contribution >= 0.6 is 0 Å². The molecule has 0 unspecified atom stereocenters. The second kappa shape index (κ2) is 8.51. The molecular weight excluding hydrogens is 419 g/mol. The minimum Gasteiger partial charge on any atom is -0.325 e. The minimum absolute atomic E-state index is 0.0297. The molecule has 0 spiro atoms. The molecule has 0 amide bonds. The molecule has 0 aliphatic heterocycles. The zero-order valence-electron chi connectivity index (χ0n) is 18.3. The van der Waals surface area contributed by atoms with Crippen LogP contribution in [0, 0.1) is 17.1 Å². The summed E-state index contributed by atoms with van der Waals surface area (Å²) in [7, 11) is 1.76. The number of aromatic nitrogens is 4. The first-order chi connectivity index (χ1) is 16.0. The fourth-order valence-electron chi connectivity index (χ4n) is 4.56. The molecule has 1 aromatic carbocycles. The second-order valence-corrected chi connectivity index (χ2v) is 8.39. The Labute approximate surface area is 190 Å². The molecule has 0 bridgehead atoms. The number of hydrogen-bond acceptors (Lipinski definition) is 5. The number of rotatable bonds is 5. The number of pyridine rings is 2. The highest BCUT2D eigenvalue weighted by Gasteiger charge is 2.23. The average Bonchev–Trinajstić information content (AvgIpc) is 3.43. The standard InChI is InChI=1S/C25H23FN6O/c1-31-21-15-28-23(14-20(21)32(25(31)33)18-4-2-3-5-18)29-22-11-10-19(26)24(30-22)17-8-6-16(7-9-17)12-13-27/h6-11,14-15,18H,2-5,12H2,1H3,(H,28,29,30). The molecule has 0 radical (unpaired) electrons. The van der Waals surface area contributed by atoms with Crippen molar-refractivity contribution < 1.29 is 4.39 Å². The van der Waals surface area contributed by atoms with Crippen molar-refractivity contribution in [2.75, 3.05) is 5.32 Å². The summed E-state index contributed by atoms with van der Waals surface area (Å²) < 4.78 is 18.0. The molecule has 8 heteroatoms. The van der Waals surface area contributed by atoms with Crippen LogP contribution in [0.1, 0.15) is 37.3 Å². The summed E-state index contributed by atoms with van der Waals surface area (Å²) in [6.45, 7) is 0. The van der Waals surface area contributed by atoms with E-state index in [1.54, 1.807) is 48.1 Å². The molecule has 1 saturated carbocycles. The van der Waals surface area contributed by atoms with E-state index in [0.29, 0.717) is 23.6 Å². The average molecular weight is 442 g/mol. The van der Waals surface area contributed by atoms with E-state index in [9.17, 15) is 9.18 Å². The van der Waals surface area contributed by atoms with E-state index in [4.69, 9.17) is 5.26 Å². The van der Waals surface area contributed by atoms with Crippen LogP contribution in [-0.4, -0.2) is 19.1 Å². The van der Waals surface area contributed by atoms with Crippen molar-refractivity contribution in [2.45, 2.75) is 38.1 Å². The number of benzene rings is 1. The minimum atomic E-state index is -0.435. The van der Waals surface area contributed by atoms with Gasteiger partial charge in [-0.1, -0.05) is 37.1 Å². The molecule has 4 aromatic rings. The van der Waals surface area contributed by atoms with Crippen LogP contribution in [0.15, 0.2) is 53.5 Å². The van der Waals surface area contributed by atoms with E-state index in [0.717, 1.165) is 42.3 Å². The maximum atomic E-state index is 14.5. The van der Waals surface area contributed by atoms with E-state index in [2.05, 4.69) is 21.4 Å². The van der Waals surface area contributed by atoms with E-state index < -0.39 is 5.82 Å². The van der Waals surface area contributed by atoms with Crippen molar-refractivity contribution in [3.63, 3.8) is 0 Å². The maximum Gasteiger partial charge on any atom is 0.329 e. The van der Waals surface area contributed by atoms with Gasteiger partial charge in [0.1, 0.15) is 23.1 Å². The summed E-state index contributed by atoms with van der Waals surface area (Å²) >= 11 is 0. The van der Waals surface area contributed by atoms with Gasteiger partial charge in [0, 0.05) is 24.7 Å². The van der Waals surface area contributed by atoms with Gasteiger partial charge in [0.15, 0.2) is 0 Å². The van der Waals surface area contributed by atoms with Gasteiger partial charge >= 0.3 is 5.69 Å². The third-order valence-corrected chi connectivity index (χ3v) is 6.28. The fraction of sp³-hybridized carbons (Fsp3) is 0.280. The normalized spacial score (nSPS) is 14.0. The van der Waals surface area contributed by atoms with Crippen LogP contribution < -0.4 is 11.0 Å². The van der Waals surface area contributed by atoms with Gasteiger partial charge in [-0.15, -0.1) is 0 Å². The monoisotopic (exact) mass is 442 g/mol. The number of nitrogens with one attached hydrogen (secondary N) is 1. The fourth-order valence-corrected chi connectivity index (χ4v) is 4.56. The maximum absolute atomic E-state index is 14.5. The van der Waals surface area contributed by atoms with Gasteiger partial charge in [-0.25, -0.2) is 19.2 Å². The molecule has 5 rings (SSSR count). The number of halogens is 1. The molecule has 1 fully saturated rings. The van der Waals surface area contributed by atoms with E-state index in [-0.39, 0.29) is 17.4 Å². The number of imidazole rings is 1. The van der Waals surface area contributed by atoms with Crippen molar-refractivity contribution in [3.8, 4) is 17.3 Å². The second-order valence-electron chi connectivity index (χ2n) is 8.39. The van der Waals surface area contributed by atoms with Crippen LogP contribution in [0.2, 0.25) is 0 Å². The predicted molar refractivity (Wildman–Crippen MR) is 125 cm³/mol.